The van der Waals surface area contributed by atoms with Crippen molar-refractivity contribution in [2.24, 2.45) is 5.41 Å². The second-order valence-corrected chi connectivity index (χ2v) is 4.83. The van der Waals surface area contributed by atoms with Gasteiger partial charge in [0, 0.05) is 13.1 Å². The lowest BCUT2D eigenvalue weighted by molar-refractivity contribution is -0.158. The lowest BCUT2D eigenvalue weighted by atomic mass is 9.90. The summed E-state index contributed by atoms with van der Waals surface area (Å²) in [5.74, 6) is -1.38. The molecule has 1 heterocycles. The van der Waals surface area contributed by atoms with Crippen LogP contribution in [0, 0.1) is 5.41 Å². The molecule has 1 saturated heterocycles. The Bertz CT molecular complexity index is 283. The first-order valence-electron chi connectivity index (χ1n) is 5.58. The van der Waals surface area contributed by atoms with Gasteiger partial charge in [0.05, 0.1) is 0 Å². The third-order valence-electron chi connectivity index (χ3n) is 3.25. The van der Waals surface area contributed by atoms with E-state index in [1.165, 1.54) is 13.8 Å². The highest BCUT2D eigenvalue weighted by Crippen LogP contribution is 2.22. The number of nitrogens with one attached hydrogen (secondary N) is 1. The van der Waals surface area contributed by atoms with E-state index in [-0.39, 0.29) is 11.9 Å². The van der Waals surface area contributed by atoms with Crippen LogP contribution >= 0.6 is 0 Å². The molecular formula is C11H20N2O3. The van der Waals surface area contributed by atoms with Crippen molar-refractivity contribution < 1.29 is 14.7 Å². The molecule has 1 aliphatic rings. The first kappa shape index (κ1) is 13.0. The van der Waals surface area contributed by atoms with E-state index in [0.717, 1.165) is 25.9 Å². The summed E-state index contributed by atoms with van der Waals surface area (Å²) in [5.41, 5.74) is -1.33. The summed E-state index contributed by atoms with van der Waals surface area (Å²) in [6.07, 6.45) is 1.77. The minimum absolute atomic E-state index is 0.160. The van der Waals surface area contributed by atoms with Crippen molar-refractivity contribution in [3.8, 4) is 0 Å². The lowest BCUT2D eigenvalue weighted by Gasteiger charge is -2.35. The van der Waals surface area contributed by atoms with E-state index >= 15 is 0 Å². The predicted molar refractivity (Wildman–Crippen MR) is 60.1 cm³/mol. The molecule has 92 valence electrons. The molecule has 5 heteroatoms. The summed E-state index contributed by atoms with van der Waals surface area (Å²) in [4.78, 5) is 24.6. The smallest absolute Gasteiger partial charge is 0.318 e. The quantitative estimate of drug-likeness (QED) is 0.682. The Labute approximate surface area is 95.8 Å². The van der Waals surface area contributed by atoms with E-state index in [0.29, 0.717) is 0 Å². The van der Waals surface area contributed by atoms with Crippen LogP contribution in [0.3, 0.4) is 0 Å². The van der Waals surface area contributed by atoms with E-state index in [4.69, 9.17) is 5.11 Å². The summed E-state index contributed by atoms with van der Waals surface area (Å²) in [5, 5.41) is 12.2. The average Bonchev–Trinajstić information content (AvgIpc) is 2.28. The monoisotopic (exact) mass is 228 g/mol. The molecule has 1 aliphatic heterocycles. The van der Waals surface area contributed by atoms with E-state index in [9.17, 15) is 9.59 Å². The van der Waals surface area contributed by atoms with Crippen LogP contribution in [0.5, 0.6) is 0 Å². The molecule has 5 nitrogen and oxygen atoms in total. The number of piperidine rings is 1. The van der Waals surface area contributed by atoms with Crippen molar-refractivity contribution in [2.45, 2.75) is 32.7 Å². The van der Waals surface area contributed by atoms with Crippen LogP contribution in [0.15, 0.2) is 0 Å². The zero-order valence-electron chi connectivity index (χ0n) is 10.1. The number of hydrogen-bond acceptors (Lipinski definition) is 3. The Balaban J connectivity index is 2.69. The Morgan fingerprint density at radius 2 is 1.81 bits per heavy atom. The van der Waals surface area contributed by atoms with Crippen LogP contribution in [0.25, 0.3) is 0 Å². The number of amides is 1. The number of aliphatic carboxylic acids is 1. The number of carbonyl (C=O) groups excluding carboxylic acids is 1. The SMILES string of the molecule is CN(C(=O)C(C)(C)C(=O)O)C1CCNCC1. The highest BCUT2D eigenvalue weighted by Gasteiger charge is 2.40. The Kier molecular flexibility index (Phi) is 3.91. The second kappa shape index (κ2) is 4.82. The second-order valence-electron chi connectivity index (χ2n) is 4.83. The molecule has 0 bridgehead atoms. The number of carbonyl (C=O) groups is 2. The fraction of sp³-hybridized carbons (Fsp3) is 0.818. The van der Waals surface area contributed by atoms with Crippen LogP contribution in [-0.2, 0) is 9.59 Å². The molecule has 0 aromatic rings. The Morgan fingerprint density at radius 1 is 1.31 bits per heavy atom. The van der Waals surface area contributed by atoms with Gasteiger partial charge in [-0.3, -0.25) is 9.59 Å². The lowest BCUT2D eigenvalue weighted by Crippen LogP contribution is -2.50. The van der Waals surface area contributed by atoms with Crippen molar-refractivity contribution in [3.63, 3.8) is 0 Å². The predicted octanol–water partition coefficient (Wildman–Crippen LogP) is 0.308. The van der Waals surface area contributed by atoms with Gasteiger partial charge < -0.3 is 15.3 Å². The van der Waals surface area contributed by atoms with Crippen molar-refractivity contribution in [2.75, 3.05) is 20.1 Å². The molecule has 16 heavy (non-hydrogen) atoms. The fourth-order valence-electron chi connectivity index (χ4n) is 1.89. The topological polar surface area (TPSA) is 69.6 Å². The van der Waals surface area contributed by atoms with Crippen molar-refractivity contribution in [1.29, 1.82) is 0 Å². The highest BCUT2D eigenvalue weighted by molar-refractivity contribution is 6.00. The molecular weight excluding hydrogens is 208 g/mol. The van der Waals surface area contributed by atoms with Crippen molar-refractivity contribution in [3.05, 3.63) is 0 Å². The number of rotatable bonds is 3. The molecule has 0 radical (unpaired) electrons. The van der Waals surface area contributed by atoms with Gasteiger partial charge in [0.25, 0.3) is 0 Å². The standard InChI is InChI=1S/C11H20N2O3/c1-11(2,10(15)16)9(14)13(3)8-4-6-12-7-5-8/h8,12H,4-7H2,1-3H3,(H,15,16). The van der Waals surface area contributed by atoms with Crippen LogP contribution < -0.4 is 5.32 Å². The molecule has 0 aromatic heterocycles. The van der Waals surface area contributed by atoms with Gasteiger partial charge in [-0.05, 0) is 39.8 Å². The fourth-order valence-corrected chi connectivity index (χ4v) is 1.89. The van der Waals surface area contributed by atoms with Gasteiger partial charge in [-0.1, -0.05) is 0 Å². The largest absolute Gasteiger partial charge is 0.480 e. The van der Waals surface area contributed by atoms with Crippen molar-refractivity contribution >= 4 is 11.9 Å². The van der Waals surface area contributed by atoms with Gasteiger partial charge in [0.1, 0.15) is 5.41 Å². The molecule has 1 amide bonds. The van der Waals surface area contributed by atoms with E-state index in [2.05, 4.69) is 5.32 Å². The molecule has 0 aromatic carbocycles. The van der Waals surface area contributed by atoms with E-state index < -0.39 is 11.4 Å². The average molecular weight is 228 g/mol. The normalized spacial score (nSPS) is 18.2. The molecule has 0 saturated carbocycles. The van der Waals surface area contributed by atoms with Crippen LogP contribution in [0.2, 0.25) is 0 Å². The summed E-state index contributed by atoms with van der Waals surface area (Å²) >= 11 is 0. The third-order valence-corrected chi connectivity index (χ3v) is 3.25. The van der Waals surface area contributed by atoms with Gasteiger partial charge in [-0.2, -0.15) is 0 Å². The Hall–Kier alpha value is -1.10. The third kappa shape index (κ3) is 2.52. The first-order chi connectivity index (χ1) is 7.37. The van der Waals surface area contributed by atoms with Gasteiger partial charge in [-0.15, -0.1) is 0 Å². The summed E-state index contributed by atoms with van der Waals surface area (Å²) in [6.45, 7) is 4.68. The van der Waals surface area contributed by atoms with Crippen LogP contribution in [-0.4, -0.2) is 48.1 Å². The minimum atomic E-state index is -1.33. The summed E-state index contributed by atoms with van der Waals surface area (Å²) in [6, 6.07) is 0.160. The highest BCUT2D eigenvalue weighted by atomic mass is 16.4. The van der Waals surface area contributed by atoms with Gasteiger partial charge in [0.2, 0.25) is 5.91 Å². The molecule has 0 atom stereocenters. The van der Waals surface area contributed by atoms with Crippen molar-refractivity contribution in [1.82, 2.24) is 10.2 Å². The molecule has 0 unspecified atom stereocenters. The molecule has 1 fully saturated rings. The van der Waals surface area contributed by atoms with E-state index in [1.54, 1.807) is 11.9 Å². The van der Waals surface area contributed by atoms with Crippen LogP contribution in [0.1, 0.15) is 26.7 Å². The number of carboxylic acid groups (broad SMARTS) is 1. The minimum Gasteiger partial charge on any atom is -0.480 e. The first-order valence-corrected chi connectivity index (χ1v) is 5.58. The molecule has 1 rings (SSSR count). The number of carboxylic acids is 1. The molecule has 0 aliphatic carbocycles. The van der Waals surface area contributed by atoms with Gasteiger partial charge in [0.15, 0.2) is 0 Å². The maximum Gasteiger partial charge on any atom is 0.318 e. The maximum atomic E-state index is 12.0. The van der Waals surface area contributed by atoms with Gasteiger partial charge >= 0.3 is 5.97 Å². The molecule has 2 N–H and O–H groups in total. The number of nitrogens with zero attached hydrogens (tertiary/aromatic N) is 1. The van der Waals surface area contributed by atoms with Gasteiger partial charge in [-0.25, -0.2) is 0 Å². The Morgan fingerprint density at radius 3 is 2.25 bits per heavy atom. The number of hydrogen-bond donors (Lipinski definition) is 2. The van der Waals surface area contributed by atoms with E-state index in [1.807, 2.05) is 0 Å². The maximum absolute atomic E-state index is 12.0. The van der Waals surface area contributed by atoms with Crippen LogP contribution in [0.4, 0.5) is 0 Å². The zero-order chi connectivity index (χ0) is 12.3. The molecule has 0 spiro atoms. The summed E-state index contributed by atoms with van der Waals surface area (Å²) in [7, 11) is 1.70. The zero-order valence-corrected chi connectivity index (χ0v) is 10.1. The summed E-state index contributed by atoms with van der Waals surface area (Å²) < 4.78 is 0.